The normalized spacial score (nSPS) is 14.4. The first kappa shape index (κ1) is 21.2. The second kappa shape index (κ2) is 8.58. The highest BCUT2D eigenvalue weighted by molar-refractivity contribution is 8.00. The fourth-order valence-corrected chi connectivity index (χ4v) is 4.35. The van der Waals surface area contributed by atoms with E-state index in [2.05, 4.69) is 22.1 Å². The summed E-state index contributed by atoms with van der Waals surface area (Å²) in [6.07, 6.45) is 4.05. The summed E-state index contributed by atoms with van der Waals surface area (Å²) >= 11 is 1.34. The number of hydrogen-bond donors (Lipinski definition) is 1. The SMILES string of the molecule is C=CCn1c(S[C@H](C)C(=O)Nc2c(C)n(C)n(-c3ccccc3)c2=O)nnc1C1CC1. The van der Waals surface area contributed by atoms with Crippen LogP contribution >= 0.6 is 11.8 Å². The molecule has 1 aromatic carbocycles. The first-order valence-corrected chi connectivity index (χ1v) is 11.2. The van der Waals surface area contributed by atoms with Crippen molar-refractivity contribution in [3.8, 4) is 5.69 Å². The standard InChI is InChI=1S/C22H26N6O2S/c1-5-13-27-19(16-11-12-16)24-25-22(27)31-15(3)20(29)23-18-14(2)26(4)28(21(18)30)17-9-7-6-8-10-17/h5-10,15-16H,1,11-13H2,2-4H3,(H,23,29)/t15-/m1/s1. The van der Waals surface area contributed by atoms with Crippen molar-refractivity contribution in [1.82, 2.24) is 24.1 Å². The topological polar surface area (TPSA) is 86.7 Å². The highest BCUT2D eigenvalue weighted by Crippen LogP contribution is 2.40. The van der Waals surface area contributed by atoms with Gasteiger partial charge in [-0.3, -0.25) is 14.3 Å². The second-order valence-corrected chi connectivity index (χ2v) is 9.01. The van der Waals surface area contributed by atoms with Gasteiger partial charge in [0.05, 0.1) is 16.6 Å². The molecule has 1 aliphatic carbocycles. The van der Waals surface area contributed by atoms with Crippen molar-refractivity contribution in [3.05, 3.63) is 64.9 Å². The van der Waals surface area contributed by atoms with Crippen LogP contribution in [0.25, 0.3) is 5.69 Å². The summed E-state index contributed by atoms with van der Waals surface area (Å²) in [6.45, 7) is 8.04. The quantitative estimate of drug-likeness (QED) is 0.431. The third kappa shape index (κ3) is 4.10. The number of amides is 1. The van der Waals surface area contributed by atoms with Crippen LogP contribution in [0.15, 0.2) is 52.9 Å². The van der Waals surface area contributed by atoms with E-state index >= 15 is 0 Å². The fourth-order valence-electron chi connectivity index (χ4n) is 3.48. The van der Waals surface area contributed by atoms with Crippen molar-refractivity contribution < 1.29 is 4.79 Å². The predicted octanol–water partition coefficient (Wildman–Crippen LogP) is 3.26. The maximum atomic E-state index is 13.0. The van der Waals surface area contributed by atoms with E-state index in [0.717, 1.165) is 24.4 Å². The number of nitrogens with zero attached hydrogens (tertiary/aromatic N) is 5. The average Bonchev–Trinajstić information content (AvgIpc) is 3.50. The van der Waals surface area contributed by atoms with Crippen LogP contribution in [0.5, 0.6) is 0 Å². The Morgan fingerprint density at radius 2 is 2.03 bits per heavy atom. The number of carbonyl (C=O) groups is 1. The molecule has 1 aliphatic rings. The summed E-state index contributed by atoms with van der Waals surface area (Å²) in [5.74, 6) is 1.16. The first-order chi connectivity index (χ1) is 14.9. The van der Waals surface area contributed by atoms with Gasteiger partial charge >= 0.3 is 0 Å². The van der Waals surface area contributed by atoms with Gasteiger partial charge in [-0.15, -0.1) is 16.8 Å². The van der Waals surface area contributed by atoms with E-state index in [4.69, 9.17) is 0 Å². The van der Waals surface area contributed by atoms with E-state index < -0.39 is 5.25 Å². The van der Waals surface area contributed by atoms with Gasteiger partial charge in [0.1, 0.15) is 11.5 Å². The van der Waals surface area contributed by atoms with Crippen LogP contribution in [0, 0.1) is 6.92 Å². The number of benzene rings is 1. The van der Waals surface area contributed by atoms with E-state index in [1.165, 1.54) is 11.8 Å². The molecule has 1 saturated carbocycles. The average molecular weight is 439 g/mol. The van der Waals surface area contributed by atoms with Gasteiger partial charge in [-0.2, -0.15) is 0 Å². The van der Waals surface area contributed by atoms with Crippen LogP contribution in [0.2, 0.25) is 0 Å². The van der Waals surface area contributed by atoms with E-state index in [1.807, 2.05) is 47.9 Å². The van der Waals surface area contributed by atoms with Crippen LogP contribution in [-0.4, -0.2) is 35.3 Å². The smallest absolute Gasteiger partial charge is 0.295 e. The molecule has 0 radical (unpaired) electrons. The zero-order valence-electron chi connectivity index (χ0n) is 17.9. The number of carbonyl (C=O) groups excluding carboxylic acids is 1. The molecule has 162 valence electrons. The summed E-state index contributed by atoms with van der Waals surface area (Å²) in [5, 5.41) is 11.7. The molecule has 31 heavy (non-hydrogen) atoms. The summed E-state index contributed by atoms with van der Waals surface area (Å²) in [5.41, 5.74) is 1.45. The summed E-state index contributed by atoms with van der Waals surface area (Å²) in [4.78, 5) is 26.0. The fraction of sp³-hybridized carbons (Fsp3) is 0.364. The number of allylic oxidation sites excluding steroid dienone is 1. The number of aromatic nitrogens is 5. The summed E-state index contributed by atoms with van der Waals surface area (Å²) < 4.78 is 5.31. The Bertz CT molecular complexity index is 1170. The van der Waals surface area contributed by atoms with E-state index in [9.17, 15) is 9.59 Å². The molecule has 1 fully saturated rings. The lowest BCUT2D eigenvalue weighted by Crippen LogP contribution is -2.27. The van der Waals surface area contributed by atoms with Crippen LogP contribution in [0.4, 0.5) is 5.69 Å². The van der Waals surface area contributed by atoms with Gasteiger partial charge in [0.15, 0.2) is 5.16 Å². The second-order valence-electron chi connectivity index (χ2n) is 7.70. The molecule has 2 aromatic heterocycles. The molecule has 8 nitrogen and oxygen atoms in total. The van der Waals surface area contributed by atoms with Crippen molar-refractivity contribution in [1.29, 1.82) is 0 Å². The molecular weight excluding hydrogens is 412 g/mol. The molecule has 1 atom stereocenters. The van der Waals surface area contributed by atoms with E-state index in [0.29, 0.717) is 23.3 Å². The third-order valence-electron chi connectivity index (χ3n) is 5.45. The molecule has 0 aliphatic heterocycles. The highest BCUT2D eigenvalue weighted by Gasteiger charge is 2.31. The Balaban J connectivity index is 1.54. The maximum Gasteiger partial charge on any atom is 0.295 e. The molecule has 0 bridgehead atoms. The minimum Gasteiger partial charge on any atom is -0.319 e. The number of hydrogen-bond acceptors (Lipinski definition) is 5. The van der Waals surface area contributed by atoms with Gasteiger partial charge in [-0.25, -0.2) is 4.68 Å². The van der Waals surface area contributed by atoms with Gasteiger partial charge in [-0.05, 0) is 38.8 Å². The Labute approximate surface area is 185 Å². The molecule has 0 unspecified atom stereocenters. The number of rotatable bonds is 8. The largest absolute Gasteiger partial charge is 0.319 e. The molecular formula is C22H26N6O2S. The van der Waals surface area contributed by atoms with Crippen molar-refractivity contribution in [2.75, 3.05) is 5.32 Å². The minimum atomic E-state index is -0.455. The molecule has 9 heteroatoms. The van der Waals surface area contributed by atoms with Crippen molar-refractivity contribution >= 4 is 23.4 Å². The zero-order chi connectivity index (χ0) is 22.1. The van der Waals surface area contributed by atoms with Crippen molar-refractivity contribution in [3.63, 3.8) is 0 Å². The van der Waals surface area contributed by atoms with E-state index in [-0.39, 0.29) is 17.2 Å². The predicted molar refractivity (Wildman–Crippen MR) is 122 cm³/mol. The van der Waals surface area contributed by atoms with Gasteiger partial charge < -0.3 is 9.88 Å². The van der Waals surface area contributed by atoms with E-state index in [1.54, 1.807) is 23.3 Å². The Hall–Kier alpha value is -3.07. The number of thioether (sulfide) groups is 1. The number of nitrogens with one attached hydrogen (secondary N) is 1. The molecule has 0 saturated heterocycles. The first-order valence-electron chi connectivity index (χ1n) is 10.3. The molecule has 3 aromatic rings. The summed E-state index contributed by atoms with van der Waals surface area (Å²) in [6, 6.07) is 9.35. The van der Waals surface area contributed by atoms with Gasteiger partial charge in [0.2, 0.25) is 5.91 Å². The molecule has 4 rings (SSSR count). The summed E-state index contributed by atoms with van der Waals surface area (Å²) in [7, 11) is 1.80. The van der Waals surface area contributed by atoms with Crippen molar-refractivity contribution in [2.45, 2.75) is 49.6 Å². The van der Waals surface area contributed by atoms with Gasteiger partial charge in [0, 0.05) is 19.5 Å². The monoisotopic (exact) mass is 438 g/mol. The van der Waals surface area contributed by atoms with Crippen LogP contribution < -0.4 is 10.9 Å². The van der Waals surface area contributed by atoms with Crippen LogP contribution in [0.3, 0.4) is 0 Å². The molecule has 1 amide bonds. The third-order valence-corrected chi connectivity index (χ3v) is 6.53. The lowest BCUT2D eigenvalue weighted by molar-refractivity contribution is -0.115. The highest BCUT2D eigenvalue weighted by atomic mass is 32.2. The van der Waals surface area contributed by atoms with Crippen LogP contribution in [0.1, 0.15) is 37.2 Å². The van der Waals surface area contributed by atoms with Crippen LogP contribution in [-0.2, 0) is 18.4 Å². The lowest BCUT2D eigenvalue weighted by Gasteiger charge is -2.12. The molecule has 2 heterocycles. The number of anilines is 1. The van der Waals surface area contributed by atoms with Crippen molar-refractivity contribution in [2.24, 2.45) is 7.05 Å². The Morgan fingerprint density at radius 1 is 1.32 bits per heavy atom. The molecule has 0 spiro atoms. The lowest BCUT2D eigenvalue weighted by atomic mass is 10.3. The Kier molecular flexibility index (Phi) is 5.86. The Morgan fingerprint density at radius 3 is 2.68 bits per heavy atom. The maximum absolute atomic E-state index is 13.0. The number of para-hydroxylation sites is 1. The zero-order valence-corrected chi connectivity index (χ0v) is 18.7. The van der Waals surface area contributed by atoms with Gasteiger partial charge in [-0.1, -0.05) is 36.0 Å². The molecule has 1 N–H and O–H groups in total. The minimum absolute atomic E-state index is 0.253. The van der Waals surface area contributed by atoms with Gasteiger partial charge in [0.25, 0.3) is 5.56 Å².